The van der Waals surface area contributed by atoms with Gasteiger partial charge in [-0.25, -0.2) is 4.98 Å². The van der Waals surface area contributed by atoms with Gasteiger partial charge in [0.05, 0.1) is 20.0 Å². The molecular formula is C26H32N4O3. The molecule has 2 aromatic carbocycles. The van der Waals surface area contributed by atoms with E-state index < -0.39 is 0 Å². The third-order valence-electron chi connectivity index (χ3n) is 6.12. The van der Waals surface area contributed by atoms with Gasteiger partial charge in [-0.15, -0.1) is 0 Å². The van der Waals surface area contributed by atoms with Crippen LogP contribution in [0.25, 0.3) is 0 Å². The van der Waals surface area contributed by atoms with Crippen molar-refractivity contribution in [1.82, 2.24) is 14.5 Å². The number of hydrogen-bond donors (Lipinski definition) is 0. The van der Waals surface area contributed by atoms with E-state index in [1.165, 1.54) is 5.56 Å². The maximum absolute atomic E-state index is 11.6. The highest BCUT2D eigenvalue weighted by Gasteiger charge is 2.19. The standard InChI is InChI=1S/C26H32N4O3/c1-21(31)29-15-17-30(18-16-29)23-6-11-25(12-7-23)33-26(19-28-14-13-27-20-28)10-5-22-3-8-24(32-2)9-4-22/h3-4,6-9,11-14,20,26H,5,10,15-19H2,1-2H3. The van der Waals surface area contributed by atoms with Crippen LogP contribution in [-0.4, -0.2) is 59.8 Å². The van der Waals surface area contributed by atoms with Crippen molar-refractivity contribution in [2.45, 2.75) is 32.4 Å². The van der Waals surface area contributed by atoms with E-state index in [2.05, 4.69) is 38.7 Å². The number of anilines is 1. The molecule has 1 saturated heterocycles. The van der Waals surface area contributed by atoms with Crippen LogP contribution in [0.2, 0.25) is 0 Å². The third kappa shape index (κ3) is 6.28. The van der Waals surface area contributed by atoms with Crippen LogP contribution in [0.5, 0.6) is 11.5 Å². The van der Waals surface area contributed by atoms with Crippen molar-refractivity contribution in [2.75, 3.05) is 38.2 Å². The molecule has 4 rings (SSSR count). The molecule has 1 aliphatic heterocycles. The van der Waals surface area contributed by atoms with E-state index in [0.29, 0.717) is 0 Å². The number of aryl methyl sites for hydroxylation is 1. The molecular weight excluding hydrogens is 416 g/mol. The number of amides is 1. The van der Waals surface area contributed by atoms with Gasteiger partial charge in [0.1, 0.15) is 17.6 Å². The molecule has 7 heteroatoms. The number of ether oxygens (including phenoxy) is 2. The first-order valence-corrected chi connectivity index (χ1v) is 11.5. The van der Waals surface area contributed by atoms with E-state index in [-0.39, 0.29) is 12.0 Å². The number of methoxy groups -OCH3 is 1. The molecule has 2 heterocycles. The van der Waals surface area contributed by atoms with Gasteiger partial charge in [-0.05, 0) is 54.8 Å². The quantitative estimate of drug-likeness (QED) is 0.500. The molecule has 33 heavy (non-hydrogen) atoms. The summed E-state index contributed by atoms with van der Waals surface area (Å²) in [6.07, 6.45) is 7.41. The zero-order valence-corrected chi connectivity index (χ0v) is 19.4. The Balaban J connectivity index is 1.37. The number of imidazole rings is 1. The lowest BCUT2D eigenvalue weighted by Crippen LogP contribution is -2.48. The first-order chi connectivity index (χ1) is 16.1. The molecule has 1 atom stereocenters. The molecule has 1 amide bonds. The van der Waals surface area contributed by atoms with Crippen LogP contribution in [0.4, 0.5) is 5.69 Å². The average Bonchev–Trinajstić information content (AvgIpc) is 3.36. The van der Waals surface area contributed by atoms with E-state index >= 15 is 0 Å². The van der Waals surface area contributed by atoms with E-state index in [9.17, 15) is 4.79 Å². The molecule has 0 aliphatic carbocycles. The fourth-order valence-corrected chi connectivity index (χ4v) is 4.14. The summed E-state index contributed by atoms with van der Waals surface area (Å²) < 4.78 is 13.7. The lowest BCUT2D eigenvalue weighted by Gasteiger charge is -2.35. The van der Waals surface area contributed by atoms with Crippen LogP contribution in [0.3, 0.4) is 0 Å². The molecule has 1 aromatic heterocycles. The van der Waals surface area contributed by atoms with Gasteiger partial charge in [-0.2, -0.15) is 0 Å². The first kappa shape index (κ1) is 22.7. The van der Waals surface area contributed by atoms with Crippen molar-refractivity contribution in [3.63, 3.8) is 0 Å². The number of benzene rings is 2. The smallest absolute Gasteiger partial charge is 0.219 e. The normalized spacial score (nSPS) is 14.7. The Bertz CT molecular complexity index is 995. The first-order valence-electron chi connectivity index (χ1n) is 11.5. The second-order valence-corrected chi connectivity index (χ2v) is 8.37. The number of rotatable bonds is 9. The molecule has 174 valence electrons. The predicted octanol–water partition coefficient (Wildman–Crippen LogP) is 3.64. The summed E-state index contributed by atoms with van der Waals surface area (Å²) in [5.74, 6) is 1.88. The molecule has 1 unspecified atom stereocenters. The molecule has 0 spiro atoms. The second-order valence-electron chi connectivity index (χ2n) is 8.37. The van der Waals surface area contributed by atoms with Gasteiger partial charge in [0.15, 0.2) is 0 Å². The van der Waals surface area contributed by atoms with Crippen molar-refractivity contribution in [1.29, 1.82) is 0 Å². The van der Waals surface area contributed by atoms with Crippen molar-refractivity contribution in [3.8, 4) is 11.5 Å². The van der Waals surface area contributed by atoms with Gasteiger partial charge in [0.25, 0.3) is 0 Å². The van der Waals surface area contributed by atoms with Crippen LogP contribution < -0.4 is 14.4 Å². The summed E-state index contributed by atoms with van der Waals surface area (Å²) in [6, 6.07) is 16.5. The monoisotopic (exact) mass is 448 g/mol. The SMILES string of the molecule is COc1ccc(CCC(Cn2ccnc2)Oc2ccc(N3CCN(C(C)=O)CC3)cc2)cc1. The lowest BCUT2D eigenvalue weighted by atomic mass is 10.1. The number of aromatic nitrogens is 2. The van der Waals surface area contributed by atoms with Crippen LogP contribution in [-0.2, 0) is 17.8 Å². The number of nitrogens with zero attached hydrogens (tertiary/aromatic N) is 4. The third-order valence-corrected chi connectivity index (χ3v) is 6.12. The fourth-order valence-electron chi connectivity index (χ4n) is 4.14. The molecule has 3 aromatic rings. The maximum Gasteiger partial charge on any atom is 0.219 e. The number of carbonyl (C=O) groups excluding carboxylic acids is 1. The predicted molar refractivity (Wildman–Crippen MR) is 129 cm³/mol. The molecule has 1 aliphatic rings. The Kier molecular flexibility index (Phi) is 7.50. The fraction of sp³-hybridized carbons (Fsp3) is 0.385. The van der Waals surface area contributed by atoms with Crippen LogP contribution in [0.15, 0.2) is 67.3 Å². The van der Waals surface area contributed by atoms with Gasteiger partial charge < -0.3 is 23.8 Å². The molecule has 0 bridgehead atoms. The summed E-state index contributed by atoms with van der Waals surface area (Å²) >= 11 is 0. The highest BCUT2D eigenvalue weighted by molar-refractivity contribution is 5.73. The minimum atomic E-state index is 0.0197. The summed E-state index contributed by atoms with van der Waals surface area (Å²) in [6.45, 7) is 5.62. The lowest BCUT2D eigenvalue weighted by molar-refractivity contribution is -0.129. The molecule has 1 fully saturated rings. The number of carbonyl (C=O) groups is 1. The van der Waals surface area contributed by atoms with Gasteiger partial charge in [-0.1, -0.05) is 12.1 Å². The summed E-state index contributed by atoms with van der Waals surface area (Å²) in [4.78, 5) is 19.9. The minimum Gasteiger partial charge on any atom is -0.497 e. The van der Waals surface area contributed by atoms with Gasteiger partial charge >= 0.3 is 0 Å². The maximum atomic E-state index is 11.6. The van der Waals surface area contributed by atoms with Crippen LogP contribution >= 0.6 is 0 Å². The summed E-state index contributed by atoms with van der Waals surface area (Å²) in [5.41, 5.74) is 2.42. The van der Waals surface area contributed by atoms with Crippen molar-refractivity contribution < 1.29 is 14.3 Å². The largest absolute Gasteiger partial charge is 0.497 e. The Morgan fingerprint density at radius 3 is 2.30 bits per heavy atom. The van der Waals surface area contributed by atoms with Crippen LogP contribution in [0, 0.1) is 0 Å². The zero-order chi connectivity index (χ0) is 23.0. The van der Waals surface area contributed by atoms with E-state index in [4.69, 9.17) is 9.47 Å². The van der Waals surface area contributed by atoms with Gasteiger partial charge in [-0.3, -0.25) is 4.79 Å². The molecule has 0 radical (unpaired) electrons. The van der Waals surface area contributed by atoms with E-state index in [1.54, 1.807) is 20.2 Å². The number of piperazine rings is 1. The minimum absolute atomic E-state index is 0.0197. The van der Waals surface area contributed by atoms with Gasteiger partial charge in [0, 0.05) is 51.2 Å². The highest BCUT2D eigenvalue weighted by Crippen LogP contribution is 2.23. The van der Waals surface area contributed by atoms with Crippen molar-refractivity contribution >= 4 is 11.6 Å². The van der Waals surface area contributed by atoms with E-state index in [0.717, 1.165) is 62.8 Å². The zero-order valence-electron chi connectivity index (χ0n) is 19.4. The van der Waals surface area contributed by atoms with Crippen LogP contribution in [0.1, 0.15) is 18.9 Å². The second kappa shape index (κ2) is 10.9. The number of hydrogen-bond acceptors (Lipinski definition) is 5. The molecule has 0 N–H and O–H groups in total. The average molecular weight is 449 g/mol. The Hall–Kier alpha value is -3.48. The topological polar surface area (TPSA) is 59.8 Å². The van der Waals surface area contributed by atoms with Crippen molar-refractivity contribution in [3.05, 3.63) is 72.8 Å². The summed E-state index contributed by atoms with van der Waals surface area (Å²) in [7, 11) is 1.68. The molecule has 7 nitrogen and oxygen atoms in total. The Morgan fingerprint density at radius 2 is 1.70 bits per heavy atom. The Labute approximate surface area is 195 Å². The highest BCUT2D eigenvalue weighted by atomic mass is 16.5. The van der Waals surface area contributed by atoms with E-state index in [1.807, 2.05) is 41.7 Å². The molecule has 0 saturated carbocycles. The van der Waals surface area contributed by atoms with Gasteiger partial charge in [0.2, 0.25) is 5.91 Å². The van der Waals surface area contributed by atoms with Crippen molar-refractivity contribution in [2.24, 2.45) is 0 Å². The Morgan fingerprint density at radius 1 is 1.00 bits per heavy atom. The summed E-state index contributed by atoms with van der Waals surface area (Å²) in [5, 5.41) is 0.